The van der Waals surface area contributed by atoms with E-state index in [1.807, 2.05) is 0 Å². The van der Waals surface area contributed by atoms with Crippen LogP contribution >= 0.6 is 0 Å². The van der Waals surface area contributed by atoms with E-state index in [9.17, 15) is 27.9 Å². The van der Waals surface area contributed by atoms with Crippen molar-refractivity contribution in [3.63, 3.8) is 0 Å². The van der Waals surface area contributed by atoms with Gasteiger partial charge in [-0.25, -0.2) is 9.59 Å². The number of halogens is 3. The van der Waals surface area contributed by atoms with Crippen molar-refractivity contribution >= 4 is 23.0 Å². The molecule has 2 aromatic carbocycles. The average molecular weight is 505 g/mol. The van der Waals surface area contributed by atoms with E-state index in [-0.39, 0.29) is 28.7 Å². The lowest BCUT2D eigenvalue weighted by molar-refractivity contribution is -0.137. The van der Waals surface area contributed by atoms with Crippen LogP contribution in [0.1, 0.15) is 49.7 Å². The van der Waals surface area contributed by atoms with Gasteiger partial charge in [0.1, 0.15) is 23.1 Å². The molecule has 0 saturated carbocycles. The minimum Gasteiger partial charge on any atom is -0.490 e. The normalized spacial score (nSPS) is 15.2. The van der Waals surface area contributed by atoms with E-state index in [0.717, 1.165) is 6.07 Å². The maximum atomic E-state index is 13.8. The molecule has 0 atom stereocenters. The number of benzene rings is 2. The second-order valence-corrected chi connectivity index (χ2v) is 9.75. The number of aromatic amines is 1. The Balaban J connectivity index is 1.66. The molecule has 0 unspecified atom stereocenters. The molecule has 4 rings (SSSR count). The van der Waals surface area contributed by atoms with Crippen molar-refractivity contribution < 1.29 is 37.3 Å². The summed E-state index contributed by atoms with van der Waals surface area (Å²) in [5.74, 6) is -0.966. The predicted octanol–water partition coefficient (Wildman–Crippen LogP) is 6.33. The highest BCUT2D eigenvalue weighted by atomic mass is 19.4. The van der Waals surface area contributed by atoms with Gasteiger partial charge in [-0.3, -0.25) is 0 Å². The summed E-state index contributed by atoms with van der Waals surface area (Å²) in [5, 5.41) is 9.84. The van der Waals surface area contributed by atoms with Gasteiger partial charge in [0, 0.05) is 42.4 Å². The largest absolute Gasteiger partial charge is 0.490 e. The zero-order valence-electron chi connectivity index (χ0n) is 20.1. The standard InChI is InChI=1S/C26H27F3N2O5/c1-25(2,3)36-24(34)31-10-8-16(9-11-31)35-22-13-15-12-21(23(32)33)30-20(15)14-18(22)17-6-4-5-7-19(17)26(27,28)29/h4-7,12-14,16,30H,8-11H2,1-3H3,(H,32,33). The van der Waals surface area contributed by atoms with Crippen molar-refractivity contribution in [1.29, 1.82) is 0 Å². The van der Waals surface area contributed by atoms with Gasteiger partial charge in [0.2, 0.25) is 0 Å². The molecular formula is C26H27F3N2O5. The van der Waals surface area contributed by atoms with Crippen molar-refractivity contribution in [2.45, 2.75) is 51.5 Å². The predicted molar refractivity (Wildman–Crippen MR) is 127 cm³/mol. The monoisotopic (exact) mass is 504 g/mol. The number of H-pyrrole nitrogens is 1. The highest BCUT2D eigenvalue weighted by Gasteiger charge is 2.35. The Morgan fingerprint density at radius 1 is 1.03 bits per heavy atom. The molecule has 0 radical (unpaired) electrons. The SMILES string of the molecule is CC(C)(C)OC(=O)N1CCC(Oc2cc3cc(C(=O)O)[nH]c3cc2-c2ccccc2C(F)(F)F)CC1. The number of alkyl halides is 3. The van der Waals surface area contributed by atoms with Crippen LogP contribution in [0.2, 0.25) is 0 Å². The molecule has 1 saturated heterocycles. The summed E-state index contributed by atoms with van der Waals surface area (Å²) in [5.41, 5.74) is -1.01. The third-order valence-electron chi connectivity index (χ3n) is 5.86. The lowest BCUT2D eigenvalue weighted by Gasteiger charge is -2.34. The summed E-state index contributed by atoms with van der Waals surface area (Å²) >= 11 is 0. The van der Waals surface area contributed by atoms with Crippen molar-refractivity contribution in [3.8, 4) is 16.9 Å². The fourth-order valence-electron chi connectivity index (χ4n) is 4.21. The van der Waals surface area contributed by atoms with E-state index in [4.69, 9.17) is 9.47 Å². The molecule has 0 bridgehead atoms. The Morgan fingerprint density at radius 2 is 1.69 bits per heavy atom. The number of carbonyl (C=O) groups excluding carboxylic acids is 1. The van der Waals surface area contributed by atoms with Crippen molar-refractivity contribution in [1.82, 2.24) is 9.88 Å². The quantitative estimate of drug-likeness (QED) is 0.433. The van der Waals surface area contributed by atoms with Crippen LogP contribution in [0.15, 0.2) is 42.5 Å². The lowest BCUT2D eigenvalue weighted by atomic mass is 9.97. The van der Waals surface area contributed by atoms with E-state index in [1.54, 1.807) is 31.7 Å². The van der Waals surface area contributed by atoms with Gasteiger partial charge in [-0.15, -0.1) is 0 Å². The van der Waals surface area contributed by atoms with Crippen molar-refractivity contribution in [2.24, 2.45) is 0 Å². The zero-order valence-corrected chi connectivity index (χ0v) is 20.1. The van der Waals surface area contributed by atoms with Gasteiger partial charge < -0.3 is 24.5 Å². The van der Waals surface area contributed by atoms with Gasteiger partial charge in [0.15, 0.2) is 0 Å². The fourth-order valence-corrected chi connectivity index (χ4v) is 4.21. The van der Waals surface area contributed by atoms with Crippen LogP contribution in [-0.2, 0) is 10.9 Å². The smallest absolute Gasteiger partial charge is 0.417 e. The minimum atomic E-state index is -4.59. The number of hydrogen-bond acceptors (Lipinski definition) is 4. The Kier molecular flexibility index (Phi) is 6.64. The van der Waals surface area contributed by atoms with Gasteiger partial charge in [0.25, 0.3) is 0 Å². The second-order valence-electron chi connectivity index (χ2n) is 9.75. The lowest BCUT2D eigenvalue weighted by Crippen LogP contribution is -2.44. The summed E-state index contributed by atoms with van der Waals surface area (Å²) in [6.45, 7) is 6.11. The summed E-state index contributed by atoms with van der Waals surface area (Å²) in [6.07, 6.45) is -4.44. The number of rotatable bonds is 4. The van der Waals surface area contributed by atoms with E-state index >= 15 is 0 Å². The van der Waals surface area contributed by atoms with E-state index in [0.29, 0.717) is 36.8 Å². The molecule has 3 aromatic rings. The van der Waals surface area contributed by atoms with Gasteiger partial charge in [-0.2, -0.15) is 13.2 Å². The van der Waals surface area contributed by atoms with Crippen LogP contribution in [0.5, 0.6) is 5.75 Å². The second kappa shape index (κ2) is 9.40. The van der Waals surface area contributed by atoms with Crippen molar-refractivity contribution in [2.75, 3.05) is 13.1 Å². The van der Waals surface area contributed by atoms with Crippen LogP contribution < -0.4 is 4.74 Å². The number of amides is 1. The first-order valence-electron chi connectivity index (χ1n) is 11.5. The minimum absolute atomic E-state index is 0.0698. The molecular weight excluding hydrogens is 477 g/mol. The summed E-state index contributed by atoms with van der Waals surface area (Å²) in [7, 11) is 0. The Labute approximate surface area is 205 Å². The Morgan fingerprint density at radius 3 is 2.31 bits per heavy atom. The van der Waals surface area contributed by atoms with E-state index in [2.05, 4.69) is 4.98 Å². The molecule has 0 aliphatic carbocycles. The van der Waals surface area contributed by atoms with Crippen LogP contribution in [0.4, 0.5) is 18.0 Å². The molecule has 1 amide bonds. The number of carboxylic acid groups (broad SMARTS) is 1. The molecule has 192 valence electrons. The van der Waals surface area contributed by atoms with Crippen LogP contribution in [0.25, 0.3) is 22.0 Å². The molecule has 2 heterocycles. The number of carboxylic acids is 1. The first-order valence-corrected chi connectivity index (χ1v) is 11.5. The average Bonchev–Trinajstić information content (AvgIpc) is 3.21. The summed E-state index contributed by atoms with van der Waals surface area (Å²) in [6, 6.07) is 9.64. The van der Waals surface area contributed by atoms with Crippen LogP contribution in [0.3, 0.4) is 0 Å². The topological polar surface area (TPSA) is 91.9 Å². The van der Waals surface area contributed by atoms with Crippen LogP contribution in [-0.4, -0.2) is 51.8 Å². The fraction of sp³-hybridized carbons (Fsp3) is 0.385. The molecule has 7 nitrogen and oxygen atoms in total. The molecule has 1 fully saturated rings. The van der Waals surface area contributed by atoms with Gasteiger partial charge >= 0.3 is 18.2 Å². The first kappa shape index (κ1) is 25.4. The molecule has 1 aliphatic heterocycles. The maximum absolute atomic E-state index is 13.8. The number of carbonyl (C=O) groups is 2. The Bertz CT molecular complexity index is 1280. The number of piperidine rings is 1. The summed E-state index contributed by atoms with van der Waals surface area (Å²) in [4.78, 5) is 28.1. The highest BCUT2D eigenvalue weighted by molar-refractivity contribution is 5.96. The van der Waals surface area contributed by atoms with Crippen molar-refractivity contribution in [3.05, 3.63) is 53.7 Å². The third-order valence-corrected chi connectivity index (χ3v) is 5.86. The third kappa shape index (κ3) is 5.58. The molecule has 1 aromatic heterocycles. The molecule has 10 heteroatoms. The van der Waals surface area contributed by atoms with Gasteiger partial charge in [-0.05, 0) is 50.6 Å². The number of ether oxygens (including phenoxy) is 2. The highest BCUT2D eigenvalue weighted by Crippen LogP contribution is 2.42. The number of fused-ring (bicyclic) bond motifs is 1. The van der Waals surface area contributed by atoms with E-state index in [1.165, 1.54) is 30.3 Å². The zero-order chi connectivity index (χ0) is 26.3. The molecule has 1 aliphatic rings. The number of aromatic nitrogens is 1. The number of hydrogen-bond donors (Lipinski definition) is 2. The maximum Gasteiger partial charge on any atom is 0.417 e. The number of likely N-dealkylation sites (tertiary alicyclic amines) is 1. The van der Waals surface area contributed by atoms with E-state index < -0.39 is 29.4 Å². The summed E-state index contributed by atoms with van der Waals surface area (Å²) < 4.78 is 53.0. The molecule has 36 heavy (non-hydrogen) atoms. The molecule has 0 spiro atoms. The Hall–Kier alpha value is -3.69. The van der Waals surface area contributed by atoms with Gasteiger partial charge in [0.05, 0.1) is 5.56 Å². The number of nitrogens with zero attached hydrogens (tertiary/aromatic N) is 1. The molecule has 2 N–H and O–H groups in total. The number of aromatic carboxylic acids is 1. The first-order chi connectivity index (χ1) is 16.8. The van der Waals surface area contributed by atoms with Gasteiger partial charge in [-0.1, -0.05) is 18.2 Å². The number of nitrogens with one attached hydrogen (secondary N) is 1. The van der Waals surface area contributed by atoms with Crippen LogP contribution in [0, 0.1) is 0 Å².